The van der Waals surface area contributed by atoms with Gasteiger partial charge in [-0.3, -0.25) is 0 Å². The Hall–Kier alpha value is -1.13. The van der Waals surface area contributed by atoms with Crippen LogP contribution in [0.3, 0.4) is 0 Å². The zero-order valence-electron chi connectivity index (χ0n) is 9.65. The molecule has 1 fully saturated rings. The third-order valence-electron chi connectivity index (χ3n) is 2.98. The van der Waals surface area contributed by atoms with E-state index in [9.17, 15) is 0 Å². The summed E-state index contributed by atoms with van der Waals surface area (Å²) in [5.74, 6) is 0.584. The van der Waals surface area contributed by atoms with Crippen molar-refractivity contribution in [3.8, 4) is 0 Å². The van der Waals surface area contributed by atoms with Crippen LogP contribution >= 0.6 is 0 Å². The highest BCUT2D eigenvalue weighted by Crippen LogP contribution is 2.05. The van der Waals surface area contributed by atoms with E-state index in [1.807, 2.05) is 18.3 Å². The summed E-state index contributed by atoms with van der Waals surface area (Å²) in [6.45, 7) is 5.62. The molecule has 4 nitrogen and oxygen atoms in total. The largest absolute Gasteiger partial charge is 0.384 e. The van der Waals surface area contributed by atoms with E-state index in [-0.39, 0.29) is 0 Å². The van der Waals surface area contributed by atoms with Crippen LogP contribution in [0.2, 0.25) is 0 Å². The monoisotopic (exact) mass is 220 g/mol. The van der Waals surface area contributed by atoms with Gasteiger partial charge in [-0.05, 0) is 37.6 Å². The second-order valence-corrected chi connectivity index (χ2v) is 4.32. The van der Waals surface area contributed by atoms with Gasteiger partial charge in [-0.25, -0.2) is 4.98 Å². The molecule has 0 unspecified atom stereocenters. The smallest absolute Gasteiger partial charge is 0.123 e. The Morgan fingerprint density at radius 3 is 2.81 bits per heavy atom. The Labute approximate surface area is 96.8 Å². The fraction of sp³-hybridized carbons (Fsp3) is 0.583. The number of nitrogens with one attached hydrogen (secondary N) is 1. The molecule has 88 valence electrons. The molecule has 0 aliphatic carbocycles. The second-order valence-electron chi connectivity index (χ2n) is 4.32. The van der Waals surface area contributed by atoms with Crippen molar-refractivity contribution < 1.29 is 0 Å². The Balaban J connectivity index is 1.62. The Morgan fingerprint density at radius 2 is 2.12 bits per heavy atom. The molecule has 1 saturated heterocycles. The summed E-state index contributed by atoms with van der Waals surface area (Å²) in [7, 11) is 0. The highest BCUT2D eigenvalue weighted by molar-refractivity contribution is 5.29. The van der Waals surface area contributed by atoms with E-state index < -0.39 is 0 Å². The lowest BCUT2D eigenvalue weighted by Gasteiger charge is -2.14. The van der Waals surface area contributed by atoms with Crippen LogP contribution < -0.4 is 11.1 Å². The molecule has 4 heteroatoms. The number of likely N-dealkylation sites (tertiary alicyclic amines) is 1. The van der Waals surface area contributed by atoms with Crippen molar-refractivity contribution in [2.45, 2.75) is 19.4 Å². The average Bonchev–Trinajstić information content (AvgIpc) is 2.80. The number of anilines is 1. The van der Waals surface area contributed by atoms with Gasteiger partial charge < -0.3 is 16.0 Å². The first-order valence-corrected chi connectivity index (χ1v) is 5.98. The SMILES string of the molecule is Nc1ccc(CNCCN2CCCC2)cn1. The molecule has 0 atom stereocenters. The highest BCUT2D eigenvalue weighted by atomic mass is 15.1. The minimum absolute atomic E-state index is 0.584. The van der Waals surface area contributed by atoms with E-state index in [1.165, 1.54) is 31.5 Å². The number of nitrogen functional groups attached to an aromatic ring is 1. The summed E-state index contributed by atoms with van der Waals surface area (Å²) >= 11 is 0. The van der Waals surface area contributed by atoms with Crippen LogP contribution in [0, 0.1) is 0 Å². The fourth-order valence-corrected chi connectivity index (χ4v) is 2.02. The molecule has 16 heavy (non-hydrogen) atoms. The number of pyridine rings is 1. The fourth-order valence-electron chi connectivity index (χ4n) is 2.02. The van der Waals surface area contributed by atoms with Crippen molar-refractivity contribution in [1.82, 2.24) is 15.2 Å². The molecule has 2 heterocycles. The molecular weight excluding hydrogens is 200 g/mol. The highest BCUT2D eigenvalue weighted by Gasteiger charge is 2.09. The molecule has 0 radical (unpaired) electrons. The molecule has 0 spiro atoms. The number of nitrogens with two attached hydrogens (primary N) is 1. The molecule has 1 aromatic heterocycles. The van der Waals surface area contributed by atoms with Gasteiger partial charge in [0.05, 0.1) is 0 Å². The second kappa shape index (κ2) is 5.82. The van der Waals surface area contributed by atoms with Gasteiger partial charge >= 0.3 is 0 Å². The zero-order chi connectivity index (χ0) is 11.2. The third kappa shape index (κ3) is 3.47. The van der Waals surface area contributed by atoms with Gasteiger partial charge in [0.25, 0.3) is 0 Å². The number of aromatic nitrogens is 1. The lowest BCUT2D eigenvalue weighted by molar-refractivity contribution is 0.335. The van der Waals surface area contributed by atoms with E-state index in [0.29, 0.717) is 5.82 Å². The van der Waals surface area contributed by atoms with Gasteiger partial charge in [0, 0.05) is 25.8 Å². The van der Waals surface area contributed by atoms with Crippen molar-refractivity contribution in [3.63, 3.8) is 0 Å². The predicted molar refractivity (Wildman–Crippen MR) is 66.0 cm³/mol. The van der Waals surface area contributed by atoms with E-state index in [0.717, 1.165) is 19.6 Å². The molecular formula is C12H20N4. The summed E-state index contributed by atoms with van der Waals surface area (Å²) in [6, 6.07) is 3.86. The molecule has 0 aromatic carbocycles. The molecule has 2 rings (SSSR count). The predicted octanol–water partition coefficient (Wildman–Crippen LogP) is 0.849. The van der Waals surface area contributed by atoms with E-state index in [2.05, 4.69) is 15.2 Å². The van der Waals surface area contributed by atoms with Crippen molar-refractivity contribution in [1.29, 1.82) is 0 Å². The van der Waals surface area contributed by atoms with Gasteiger partial charge in [0.15, 0.2) is 0 Å². The lowest BCUT2D eigenvalue weighted by atomic mass is 10.3. The lowest BCUT2D eigenvalue weighted by Crippen LogP contribution is -2.29. The summed E-state index contributed by atoms with van der Waals surface area (Å²) < 4.78 is 0. The van der Waals surface area contributed by atoms with Gasteiger partial charge in [0.2, 0.25) is 0 Å². The van der Waals surface area contributed by atoms with E-state index in [4.69, 9.17) is 5.73 Å². The van der Waals surface area contributed by atoms with Crippen molar-refractivity contribution >= 4 is 5.82 Å². The van der Waals surface area contributed by atoms with Crippen LogP contribution in [-0.2, 0) is 6.54 Å². The molecule has 3 N–H and O–H groups in total. The van der Waals surface area contributed by atoms with Gasteiger partial charge in [0.1, 0.15) is 5.82 Å². The quantitative estimate of drug-likeness (QED) is 0.722. The van der Waals surface area contributed by atoms with Crippen LogP contribution in [0.25, 0.3) is 0 Å². The zero-order valence-corrected chi connectivity index (χ0v) is 9.65. The molecule has 1 aliphatic rings. The van der Waals surface area contributed by atoms with Crippen LogP contribution in [0.5, 0.6) is 0 Å². The van der Waals surface area contributed by atoms with Crippen LogP contribution in [-0.4, -0.2) is 36.1 Å². The van der Waals surface area contributed by atoms with Crippen molar-refractivity contribution in [2.75, 3.05) is 31.9 Å². The average molecular weight is 220 g/mol. The Bertz CT molecular complexity index is 303. The number of nitrogens with zero attached hydrogens (tertiary/aromatic N) is 2. The van der Waals surface area contributed by atoms with Crippen molar-refractivity contribution in [3.05, 3.63) is 23.9 Å². The van der Waals surface area contributed by atoms with E-state index >= 15 is 0 Å². The van der Waals surface area contributed by atoms with Crippen LogP contribution in [0.1, 0.15) is 18.4 Å². The molecule has 0 amide bonds. The molecule has 1 aromatic rings. The topological polar surface area (TPSA) is 54.2 Å². The summed E-state index contributed by atoms with van der Waals surface area (Å²) in [4.78, 5) is 6.57. The first kappa shape index (κ1) is 11.4. The Morgan fingerprint density at radius 1 is 1.31 bits per heavy atom. The third-order valence-corrected chi connectivity index (χ3v) is 2.98. The summed E-state index contributed by atoms with van der Waals surface area (Å²) in [5.41, 5.74) is 6.72. The van der Waals surface area contributed by atoms with Crippen molar-refractivity contribution in [2.24, 2.45) is 0 Å². The summed E-state index contributed by atoms with van der Waals surface area (Å²) in [5, 5.41) is 3.43. The maximum atomic E-state index is 5.53. The molecule has 0 saturated carbocycles. The maximum absolute atomic E-state index is 5.53. The van der Waals surface area contributed by atoms with Gasteiger partial charge in [-0.15, -0.1) is 0 Å². The van der Waals surface area contributed by atoms with E-state index in [1.54, 1.807) is 0 Å². The number of hydrogen-bond donors (Lipinski definition) is 2. The minimum Gasteiger partial charge on any atom is -0.384 e. The normalized spacial score (nSPS) is 16.8. The first-order valence-electron chi connectivity index (χ1n) is 5.98. The van der Waals surface area contributed by atoms with Gasteiger partial charge in [-0.1, -0.05) is 6.07 Å². The maximum Gasteiger partial charge on any atom is 0.123 e. The summed E-state index contributed by atoms with van der Waals surface area (Å²) in [6.07, 6.45) is 4.56. The van der Waals surface area contributed by atoms with Crippen LogP contribution in [0.15, 0.2) is 18.3 Å². The molecule has 1 aliphatic heterocycles. The number of rotatable bonds is 5. The first-order chi connectivity index (χ1) is 7.84. The standard InChI is InChI=1S/C12H20N4/c13-12-4-3-11(10-15-12)9-14-5-8-16-6-1-2-7-16/h3-4,10,14H,1-2,5-9H2,(H2,13,15). The molecule has 0 bridgehead atoms. The number of hydrogen-bond acceptors (Lipinski definition) is 4. The Kier molecular flexibility index (Phi) is 4.13. The van der Waals surface area contributed by atoms with Gasteiger partial charge in [-0.2, -0.15) is 0 Å². The minimum atomic E-state index is 0.584. The van der Waals surface area contributed by atoms with Crippen LogP contribution in [0.4, 0.5) is 5.82 Å².